The van der Waals surface area contributed by atoms with Crippen molar-refractivity contribution in [2.75, 3.05) is 10.0 Å². The summed E-state index contributed by atoms with van der Waals surface area (Å²) in [4.78, 5) is 0.391. The summed E-state index contributed by atoms with van der Waals surface area (Å²) in [5.41, 5.74) is 7.69. The lowest BCUT2D eigenvalue weighted by atomic mass is 10.2. The summed E-state index contributed by atoms with van der Waals surface area (Å²) in [6.07, 6.45) is 0. The van der Waals surface area contributed by atoms with Gasteiger partial charge in [-0.05, 0) is 35.9 Å². The van der Waals surface area contributed by atoms with Gasteiger partial charge in [-0.2, -0.15) is 0 Å². The first-order valence-electron chi connectivity index (χ1n) is 5.55. The second kappa shape index (κ2) is 3.74. The Morgan fingerprint density at radius 1 is 1.00 bits per heavy atom. The molecule has 1 aliphatic rings. The van der Waals surface area contributed by atoms with E-state index in [1.54, 1.807) is 36.4 Å². The molecule has 0 saturated carbocycles. The first kappa shape index (κ1) is 11.1. The summed E-state index contributed by atoms with van der Waals surface area (Å²) >= 11 is 0. The predicted molar refractivity (Wildman–Crippen MR) is 70.7 cm³/mol. The number of fused-ring (bicyclic) bond motifs is 1. The van der Waals surface area contributed by atoms with Crippen LogP contribution in [0.1, 0.15) is 5.56 Å². The van der Waals surface area contributed by atoms with Gasteiger partial charge >= 0.3 is 0 Å². The molecule has 1 heterocycles. The number of nitrogens with two attached hydrogens (primary N) is 1. The molecule has 3 rings (SSSR count). The minimum absolute atomic E-state index is 0.377. The molecular weight excluding hydrogens is 248 g/mol. The number of anilines is 2. The van der Waals surface area contributed by atoms with Crippen LogP contribution in [0.2, 0.25) is 0 Å². The number of hydrogen-bond donors (Lipinski definition) is 1. The second-order valence-electron chi connectivity index (χ2n) is 4.21. The van der Waals surface area contributed by atoms with Gasteiger partial charge in [0.2, 0.25) is 0 Å². The molecule has 0 bridgehead atoms. The van der Waals surface area contributed by atoms with E-state index in [-0.39, 0.29) is 0 Å². The quantitative estimate of drug-likeness (QED) is 0.797. The molecule has 4 nitrogen and oxygen atoms in total. The van der Waals surface area contributed by atoms with Crippen LogP contribution in [0.5, 0.6) is 0 Å². The Bertz CT molecular complexity index is 693. The van der Waals surface area contributed by atoms with E-state index in [9.17, 15) is 8.42 Å². The maximum Gasteiger partial charge on any atom is 0.264 e. The van der Waals surface area contributed by atoms with E-state index in [2.05, 4.69) is 0 Å². The van der Waals surface area contributed by atoms with Crippen molar-refractivity contribution in [1.29, 1.82) is 0 Å². The highest BCUT2D eigenvalue weighted by atomic mass is 32.2. The van der Waals surface area contributed by atoms with Gasteiger partial charge in [-0.1, -0.05) is 18.2 Å². The average molecular weight is 260 g/mol. The first-order valence-corrected chi connectivity index (χ1v) is 6.99. The van der Waals surface area contributed by atoms with Gasteiger partial charge in [-0.3, -0.25) is 4.31 Å². The van der Waals surface area contributed by atoms with Crippen molar-refractivity contribution in [1.82, 2.24) is 0 Å². The summed E-state index contributed by atoms with van der Waals surface area (Å²) < 4.78 is 26.1. The highest BCUT2D eigenvalue weighted by Gasteiger charge is 2.34. The summed E-state index contributed by atoms with van der Waals surface area (Å²) in [5.74, 6) is 0. The van der Waals surface area contributed by atoms with Gasteiger partial charge in [0, 0.05) is 5.69 Å². The summed E-state index contributed by atoms with van der Waals surface area (Å²) in [6.45, 7) is 0.377. The number of nitrogen functional groups attached to an aromatic ring is 1. The molecule has 2 N–H and O–H groups in total. The molecule has 0 aromatic heterocycles. The minimum Gasteiger partial charge on any atom is -0.399 e. The van der Waals surface area contributed by atoms with Crippen LogP contribution in [0.3, 0.4) is 0 Å². The average Bonchev–Trinajstić information content (AvgIpc) is 2.63. The summed E-state index contributed by atoms with van der Waals surface area (Å²) in [5, 5.41) is 0. The number of nitrogens with zero attached hydrogens (tertiary/aromatic N) is 1. The molecule has 0 spiro atoms. The van der Waals surface area contributed by atoms with Crippen LogP contribution in [-0.4, -0.2) is 8.42 Å². The maximum absolute atomic E-state index is 12.4. The zero-order valence-electron chi connectivity index (χ0n) is 9.58. The lowest BCUT2D eigenvalue weighted by Crippen LogP contribution is -2.23. The van der Waals surface area contributed by atoms with Crippen molar-refractivity contribution >= 4 is 21.4 Å². The fourth-order valence-electron chi connectivity index (χ4n) is 2.12. The van der Waals surface area contributed by atoms with Crippen LogP contribution >= 0.6 is 0 Å². The first-order chi connectivity index (χ1) is 8.59. The van der Waals surface area contributed by atoms with Crippen molar-refractivity contribution in [3.8, 4) is 0 Å². The van der Waals surface area contributed by atoms with Crippen molar-refractivity contribution in [3.05, 3.63) is 54.1 Å². The Kier molecular flexibility index (Phi) is 2.31. The van der Waals surface area contributed by atoms with Crippen LogP contribution in [0.25, 0.3) is 0 Å². The van der Waals surface area contributed by atoms with E-state index >= 15 is 0 Å². The molecule has 0 unspecified atom stereocenters. The Morgan fingerprint density at radius 2 is 1.67 bits per heavy atom. The SMILES string of the molecule is Nc1ccc(N2Cc3ccccc3S2(=O)=O)cc1. The van der Waals surface area contributed by atoms with Crippen molar-refractivity contribution in [3.63, 3.8) is 0 Å². The number of rotatable bonds is 1. The van der Waals surface area contributed by atoms with Crippen LogP contribution in [-0.2, 0) is 16.6 Å². The molecule has 0 radical (unpaired) electrons. The number of hydrogen-bond acceptors (Lipinski definition) is 3. The normalized spacial score (nSPS) is 16.6. The highest BCUT2D eigenvalue weighted by Crippen LogP contribution is 2.34. The van der Waals surface area contributed by atoms with Crippen molar-refractivity contribution < 1.29 is 8.42 Å². The maximum atomic E-state index is 12.4. The standard InChI is InChI=1S/C13H12N2O2S/c14-11-5-7-12(8-6-11)15-9-10-3-1-2-4-13(10)18(15,16)17/h1-8H,9,14H2. The summed E-state index contributed by atoms with van der Waals surface area (Å²) in [7, 11) is -3.42. The van der Waals surface area contributed by atoms with E-state index in [1.165, 1.54) is 4.31 Å². The van der Waals surface area contributed by atoms with Crippen LogP contribution < -0.4 is 10.0 Å². The predicted octanol–water partition coefficient (Wildman–Crippen LogP) is 1.98. The topological polar surface area (TPSA) is 63.4 Å². The minimum atomic E-state index is -3.42. The molecule has 0 atom stereocenters. The molecule has 0 saturated heterocycles. The Morgan fingerprint density at radius 3 is 2.33 bits per heavy atom. The lowest BCUT2D eigenvalue weighted by molar-refractivity contribution is 0.596. The van der Waals surface area contributed by atoms with E-state index in [0.717, 1.165) is 5.56 Å². The third-order valence-corrected chi connectivity index (χ3v) is 4.91. The van der Waals surface area contributed by atoms with Gasteiger partial charge < -0.3 is 5.73 Å². The molecule has 2 aromatic carbocycles. The Hall–Kier alpha value is -2.01. The number of benzene rings is 2. The monoisotopic (exact) mass is 260 g/mol. The smallest absolute Gasteiger partial charge is 0.264 e. The molecule has 18 heavy (non-hydrogen) atoms. The van der Waals surface area contributed by atoms with Gasteiger partial charge in [0.25, 0.3) is 10.0 Å². The fraction of sp³-hybridized carbons (Fsp3) is 0.0769. The molecule has 0 aliphatic carbocycles. The largest absolute Gasteiger partial charge is 0.399 e. The molecule has 0 fully saturated rings. The van der Waals surface area contributed by atoms with Crippen LogP contribution in [0, 0.1) is 0 Å². The van der Waals surface area contributed by atoms with Crippen LogP contribution in [0.15, 0.2) is 53.4 Å². The third kappa shape index (κ3) is 1.55. The van der Waals surface area contributed by atoms with Gasteiger partial charge in [0.15, 0.2) is 0 Å². The van der Waals surface area contributed by atoms with Crippen LogP contribution in [0.4, 0.5) is 11.4 Å². The zero-order chi connectivity index (χ0) is 12.8. The highest BCUT2D eigenvalue weighted by molar-refractivity contribution is 7.93. The number of sulfonamides is 1. The van der Waals surface area contributed by atoms with E-state index < -0.39 is 10.0 Å². The zero-order valence-corrected chi connectivity index (χ0v) is 10.4. The van der Waals surface area contributed by atoms with Gasteiger partial charge in [-0.25, -0.2) is 8.42 Å². The second-order valence-corrected chi connectivity index (χ2v) is 6.04. The molecular formula is C13H12N2O2S. The van der Waals surface area contributed by atoms with E-state index in [1.807, 2.05) is 12.1 Å². The molecule has 5 heteroatoms. The lowest BCUT2D eigenvalue weighted by Gasteiger charge is -2.16. The molecule has 92 valence electrons. The Labute approximate surface area is 106 Å². The van der Waals surface area contributed by atoms with E-state index in [0.29, 0.717) is 22.8 Å². The van der Waals surface area contributed by atoms with Gasteiger partial charge in [0.05, 0.1) is 17.1 Å². The van der Waals surface area contributed by atoms with E-state index in [4.69, 9.17) is 5.73 Å². The van der Waals surface area contributed by atoms with Gasteiger partial charge in [0.1, 0.15) is 0 Å². The molecule has 2 aromatic rings. The van der Waals surface area contributed by atoms with Gasteiger partial charge in [-0.15, -0.1) is 0 Å². The molecule has 1 aliphatic heterocycles. The molecule has 0 amide bonds. The Balaban J connectivity index is 2.10. The fourth-order valence-corrected chi connectivity index (χ4v) is 3.78. The van der Waals surface area contributed by atoms with Crippen molar-refractivity contribution in [2.45, 2.75) is 11.4 Å². The summed E-state index contributed by atoms with van der Waals surface area (Å²) in [6, 6.07) is 13.9. The third-order valence-electron chi connectivity index (χ3n) is 3.04. The van der Waals surface area contributed by atoms with Crippen molar-refractivity contribution in [2.24, 2.45) is 0 Å².